The molecule has 0 bridgehead atoms. The Hall–Kier alpha value is -1.78. The lowest BCUT2D eigenvalue weighted by molar-refractivity contribution is 0.264. The van der Waals surface area contributed by atoms with Crippen molar-refractivity contribution >= 4 is 38.4 Å². The fraction of sp³-hybridized carbons (Fsp3) is 0.435. The second-order valence-corrected chi connectivity index (χ2v) is 12.4. The number of fused-ring (bicyclic) bond motifs is 1. The summed E-state index contributed by atoms with van der Waals surface area (Å²) in [5.74, 6) is 0. The maximum absolute atomic E-state index is 13.6. The van der Waals surface area contributed by atoms with Gasteiger partial charge in [-0.1, -0.05) is 37.6 Å². The number of aromatic nitrogens is 1. The topological polar surface area (TPSA) is 74.3 Å². The number of rotatable bonds is 10. The van der Waals surface area contributed by atoms with E-state index in [1.54, 1.807) is 27.8 Å². The minimum atomic E-state index is -3.60. The predicted octanol–water partition coefficient (Wildman–Crippen LogP) is 4.03. The van der Waals surface area contributed by atoms with Gasteiger partial charge in [0.25, 0.3) is 10.0 Å². The van der Waals surface area contributed by atoms with Crippen LogP contribution in [0.2, 0.25) is 0 Å². The molecular formula is C23H30N4O2S3. The van der Waals surface area contributed by atoms with Gasteiger partial charge in [-0.25, -0.2) is 13.4 Å². The highest BCUT2D eigenvalue weighted by atomic mass is 32.2. The summed E-state index contributed by atoms with van der Waals surface area (Å²) in [6, 6.07) is 3.15. The van der Waals surface area contributed by atoms with E-state index in [2.05, 4.69) is 41.6 Å². The van der Waals surface area contributed by atoms with Gasteiger partial charge in [-0.3, -0.25) is 0 Å². The van der Waals surface area contributed by atoms with Gasteiger partial charge in [0.05, 0.1) is 17.3 Å². The molecule has 6 nitrogen and oxygen atoms in total. The first-order chi connectivity index (χ1) is 15.4. The Morgan fingerprint density at radius 1 is 1.38 bits per heavy atom. The summed E-state index contributed by atoms with van der Waals surface area (Å²) in [4.78, 5) is 5.86. The Morgan fingerprint density at radius 3 is 2.94 bits per heavy atom. The number of hydrogen-bond donors (Lipinski definition) is 2. The van der Waals surface area contributed by atoms with Crippen LogP contribution in [0.4, 0.5) is 0 Å². The van der Waals surface area contributed by atoms with Crippen LogP contribution >= 0.6 is 22.7 Å². The average Bonchev–Trinajstić information content (AvgIpc) is 3.52. The molecule has 2 aromatic rings. The summed E-state index contributed by atoms with van der Waals surface area (Å²) in [5, 5.41) is 9.58. The largest absolute Gasteiger partial charge is 0.371 e. The first-order valence-corrected chi connectivity index (χ1v) is 14.1. The van der Waals surface area contributed by atoms with Crippen molar-refractivity contribution in [2.75, 3.05) is 20.1 Å². The second kappa shape index (κ2) is 9.61. The van der Waals surface area contributed by atoms with E-state index in [9.17, 15) is 8.42 Å². The van der Waals surface area contributed by atoms with Crippen molar-refractivity contribution in [3.05, 3.63) is 63.5 Å². The van der Waals surface area contributed by atoms with Crippen LogP contribution in [0.5, 0.6) is 0 Å². The zero-order valence-corrected chi connectivity index (χ0v) is 21.1. The van der Waals surface area contributed by atoms with Crippen LogP contribution in [-0.4, -0.2) is 49.4 Å². The lowest BCUT2D eigenvalue weighted by Crippen LogP contribution is -2.58. The minimum Gasteiger partial charge on any atom is -0.371 e. The van der Waals surface area contributed by atoms with Crippen LogP contribution in [0.15, 0.2) is 57.8 Å². The number of sulfonamides is 1. The molecule has 0 aromatic carbocycles. The van der Waals surface area contributed by atoms with Gasteiger partial charge in [0.2, 0.25) is 0 Å². The zero-order chi connectivity index (χ0) is 22.8. The van der Waals surface area contributed by atoms with Crippen molar-refractivity contribution in [1.29, 1.82) is 0 Å². The average molecular weight is 491 g/mol. The lowest BCUT2D eigenvalue weighted by atomic mass is 9.82. The normalized spacial score (nSPS) is 22.6. The van der Waals surface area contributed by atoms with Gasteiger partial charge in [0.15, 0.2) is 0 Å². The molecule has 9 heteroatoms. The number of thiazole rings is 1. The summed E-state index contributed by atoms with van der Waals surface area (Å²) < 4.78 is 29.3. The van der Waals surface area contributed by atoms with Crippen LogP contribution in [-0.2, 0) is 16.4 Å². The summed E-state index contributed by atoms with van der Waals surface area (Å²) in [5.41, 5.74) is 1.48. The Labute approximate surface area is 198 Å². The third kappa shape index (κ3) is 4.36. The van der Waals surface area contributed by atoms with Crippen molar-refractivity contribution in [2.24, 2.45) is 0 Å². The number of allylic oxidation sites excluding steroid dienone is 2. The number of hydrogen-bond acceptors (Lipinski definition) is 7. The molecule has 172 valence electrons. The van der Waals surface area contributed by atoms with Gasteiger partial charge in [0, 0.05) is 17.6 Å². The molecule has 0 amide bonds. The number of nitrogens with zero attached hydrogens (tertiary/aromatic N) is 2. The van der Waals surface area contributed by atoms with Gasteiger partial charge in [-0.15, -0.1) is 22.7 Å². The smallest absolute Gasteiger partial charge is 0.253 e. The van der Waals surface area contributed by atoms with Gasteiger partial charge in [-0.05, 0) is 56.5 Å². The van der Waals surface area contributed by atoms with Crippen molar-refractivity contribution in [2.45, 2.75) is 48.9 Å². The minimum absolute atomic E-state index is 0.335. The first kappa shape index (κ1) is 23.4. The van der Waals surface area contributed by atoms with E-state index in [0.717, 1.165) is 42.1 Å². The van der Waals surface area contributed by atoms with Crippen LogP contribution in [0, 0.1) is 0 Å². The predicted molar refractivity (Wildman–Crippen MR) is 133 cm³/mol. The standard InChI is InChI=1S/C23H30N4O2S3/c1-4-5-13-27(32(28,29)21-10-7-14-30-21)20-9-6-8-17-15-19(26-23(17,20)2)22-25-16-18(31-22)11-12-24-3/h6-10,14-16,20,24,26H,4-5,11-13H2,1-3H3. The number of thiophene rings is 1. The Morgan fingerprint density at radius 2 is 2.22 bits per heavy atom. The highest BCUT2D eigenvalue weighted by Gasteiger charge is 2.48. The van der Waals surface area contributed by atoms with Gasteiger partial charge in [-0.2, -0.15) is 4.31 Å². The number of likely N-dealkylation sites (N-methyl/N-ethyl adjacent to an activating group) is 1. The maximum Gasteiger partial charge on any atom is 0.253 e. The molecule has 2 N–H and O–H groups in total. The van der Waals surface area contributed by atoms with E-state index in [0.29, 0.717) is 10.8 Å². The Kier molecular flexibility index (Phi) is 7.02. The third-order valence-corrected chi connectivity index (χ3v) is 10.3. The Balaban J connectivity index is 1.64. The molecule has 0 spiro atoms. The molecule has 2 aliphatic rings. The lowest BCUT2D eigenvalue weighted by Gasteiger charge is -2.42. The molecule has 1 aliphatic heterocycles. The highest BCUT2D eigenvalue weighted by Crippen LogP contribution is 2.41. The molecule has 0 saturated heterocycles. The van der Waals surface area contributed by atoms with Crippen molar-refractivity contribution in [1.82, 2.24) is 19.9 Å². The molecule has 0 saturated carbocycles. The van der Waals surface area contributed by atoms with Gasteiger partial charge >= 0.3 is 0 Å². The quantitative estimate of drug-likeness (QED) is 0.526. The summed E-state index contributed by atoms with van der Waals surface area (Å²) >= 11 is 2.95. The molecule has 2 unspecified atom stereocenters. The Bertz CT molecular complexity index is 1130. The van der Waals surface area contributed by atoms with Gasteiger partial charge in [0.1, 0.15) is 9.22 Å². The zero-order valence-electron chi connectivity index (χ0n) is 18.7. The summed E-state index contributed by atoms with van der Waals surface area (Å²) in [6.45, 7) is 5.57. The molecule has 3 heterocycles. The fourth-order valence-electron chi connectivity index (χ4n) is 4.16. The molecule has 4 rings (SSSR count). The summed E-state index contributed by atoms with van der Waals surface area (Å²) in [6.07, 6.45) is 12.8. The number of nitrogens with one attached hydrogen (secondary N) is 2. The fourth-order valence-corrected chi connectivity index (χ4v) is 7.86. The SMILES string of the molecule is CCCCN(C1C=CC=C2C=C(c3ncc(CCNC)s3)NC21C)S(=O)(=O)c1cccs1. The molecule has 0 radical (unpaired) electrons. The van der Waals surface area contributed by atoms with E-state index in [4.69, 9.17) is 0 Å². The van der Waals surface area contributed by atoms with Gasteiger partial charge < -0.3 is 10.6 Å². The summed E-state index contributed by atoms with van der Waals surface area (Å²) in [7, 11) is -1.66. The maximum atomic E-state index is 13.6. The molecule has 32 heavy (non-hydrogen) atoms. The van der Waals surface area contributed by atoms with Crippen LogP contribution in [0.1, 0.15) is 36.6 Å². The van der Waals surface area contributed by atoms with E-state index in [-0.39, 0.29) is 6.04 Å². The van der Waals surface area contributed by atoms with Crippen LogP contribution in [0.25, 0.3) is 5.70 Å². The molecule has 1 aliphatic carbocycles. The van der Waals surface area contributed by atoms with Crippen LogP contribution < -0.4 is 10.6 Å². The molecular weight excluding hydrogens is 460 g/mol. The van der Waals surface area contributed by atoms with E-state index in [1.165, 1.54) is 16.2 Å². The second-order valence-electron chi connectivity index (χ2n) is 8.22. The van der Waals surface area contributed by atoms with Crippen molar-refractivity contribution in [3.8, 4) is 0 Å². The first-order valence-electron chi connectivity index (χ1n) is 10.9. The van der Waals surface area contributed by atoms with Crippen LogP contribution in [0.3, 0.4) is 0 Å². The third-order valence-electron chi connectivity index (χ3n) is 5.96. The van der Waals surface area contributed by atoms with E-state index in [1.807, 2.05) is 30.8 Å². The van der Waals surface area contributed by atoms with E-state index < -0.39 is 15.6 Å². The highest BCUT2D eigenvalue weighted by molar-refractivity contribution is 7.91. The number of unbranched alkanes of at least 4 members (excludes halogenated alkanes) is 1. The van der Waals surface area contributed by atoms with Crippen molar-refractivity contribution < 1.29 is 8.42 Å². The molecule has 0 fully saturated rings. The van der Waals surface area contributed by atoms with Crippen molar-refractivity contribution in [3.63, 3.8) is 0 Å². The monoisotopic (exact) mass is 490 g/mol. The molecule has 2 aromatic heterocycles. The molecule has 2 atom stereocenters. The van der Waals surface area contributed by atoms with E-state index >= 15 is 0 Å².